The van der Waals surface area contributed by atoms with Crippen LogP contribution in [0.4, 0.5) is 17.2 Å². The van der Waals surface area contributed by atoms with Crippen LogP contribution in [0.3, 0.4) is 0 Å². The fourth-order valence-electron chi connectivity index (χ4n) is 12.3. The van der Waals surface area contributed by atoms with Gasteiger partial charge in [0.15, 0.2) is 0 Å². The Morgan fingerprint density at radius 3 is 0.670 bits per heavy atom. The summed E-state index contributed by atoms with van der Waals surface area (Å²) in [4.78, 5) is 4.17. The van der Waals surface area contributed by atoms with Crippen LogP contribution in [0.25, 0.3) is 21.9 Å². The molecule has 15 aromatic carbocycles. The van der Waals surface area contributed by atoms with Crippen molar-refractivity contribution in [3.8, 4) is 11.1 Å². The van der Waals surface area contributed by atoms with Gasteiger partial charge in [-0.05, 0) is 136 Å². The third-order valence-corrected chi connectivity index (χ3v) is 26.8. The molecule has 0 saturated carbocycles. The summed E-state index contributed by atoms with van der Waals surface area (Å²) in [6, 6.07) is 154. The van der Waals surface area contributed by atoms with Crippen LogP contribution in [0, 0.1) is 0 Å². The van der Waals surface area contributed by atoms with Gasteiger partial charge in [-0.15, -0.1) is 0 Å². The van der Waals surface area contributed by atoms with Crippen molar-refractivity contribution in [1.29, 1.82) is 0 Å². The molecule has 10 heteroatoms. The fraction of sp³-hybridized carbons (Fsp3) is 0. The molecule has 1 aliphatic rings. The summed E-state index contributed by atoms with van der Waals surface area (Å²) in [7, 11) is -1.78. The second-order valence-electron chi connectivity index (χ2n) is 23.9. The van der Waals surface area contributed by atoms with Gasteiger partial charge in [-0.25, -0.2) is 4.98 Å². The van der Waals surface area contributed by atoms with Crippen molar-refractivity contribution in [2.45, 2.75) is 0 Å². The largest absolute Gasteiger partial charge is 0.406 e. The molecule has 0 spiro atoms. The number of benzene rings is 15. The molecule has 0 radical (unpaired) electrons. The normalized spacial score (nSPS) is 11.0. The first-order valence-electron chi connectivity index (χ1n) is 34.3. The van der Waals surface area contributed by atoms with Crippen molar-refractivity contribution in [3.05, 3.63) is 443 Å². The molecule has 0 fully saturated rings. The van der Waals surface area contributed by atoms with Gasteiger partial charge < -0.3 is 16.2 Å². The van der Waals surface area contributed by atoms with Crippen molar-refractivity contribution >= 4 is 136 Å². The molecule has 103 heavy (non-hydrogen) atoms. The van der Waals surface area contributed by atoms with Crippen LogP contribution in [0.1, 0.15) is 0 Å². The number of nitrogens with zero attached hydrogens (tertiary/aromatic N) is 1. The van der Waals surface area contributed by atoms with Gasteiger partial charge in [-0.1, -0.05) is 413 Å². The average molecular weight is 1490 g/mol. The van der Waals surface area contributed by atoms with Crippen molar-refractivity contribution in [2.75, 3.05) is 16.2 Å². The zero-order valence-corrected chi connectivity index (χ0v) is 62.0. The van der Waals surface area contributed by atoms with E-state index in [-0.39, 0.29) is 27.4 Å². The van der Waals surface area contributed by atoms with E-state index in [0.29, 0.717) is 5.82 Å². The molecule has 0 saturated heterocycles. The first-order chi connectivity index (χ1) is 50.6. The molecule has 0 aliphatic carbocycles. The monoisotopic (exact) mass is 1490 g/mol. The molecule has 4 N–H and O–H groups in total. The van der Waals surface area contributed by atoms with Crippen molar-refractivity contribution < 1.29 is 20.4 Å². The van der Waals surface area contributed by atoms with Crippen molar-refractivity contribution in [1.82, 2.24) is 4.98 Å². The molecule has 0 unspecified atom stereocenters. The number of hydrogen-bond acceptors (Lipinski definition) is 4. The Kier molecular flexibility index (Phi) is 26.7. The molecular weight excluding hydrogens is 1410 g/mol. The maximum Gasteiger partial charge on any atom is 0.406 e. The van der Waals surface area contributed by atoms with Gasteiger partial charge in [0, 0.05) is 48.9 Å². The Hall–Kier alpha value is -10.4. The Morgan fingerprint density at radius 1 is 0.233 bits per heavy atom. The Bertz CT molecular complexity index is 4210. The molecular formula is C93H77BN4P4Pd. The van der Waals surface area contributed by atoms with Crippen LogP contribution in [0.15, 0.2) is 443 Å². The summed E-state index contributed by atoms with van der Waals surface area (Å²) in [6.07, 6.45) is 1.71. The number of nitrogens with two attached hydrogens (primary N) is 1. The summed E-state index contributed by atoms with van der Waals surface area (Å²) in [6.45, 7) is 0.0239. The van der Waals surface area contributed by atoms with Gasteiger partial charge in [0.25, 0.3) is 0 Å². The van der Waals surface area contributed by atoms with Crippen LogP contribution >= 0.6 is 31.7 Å². The maximum atomic E-state index is 5.99. The molecule has 502 valence electrons. The molecule has 4 nitrogen and oxygen atoms in total. The predicted octanol–water partition coefficient (Wildman–Crippen LogP) is 17.5. The van der Waals surface area contributed by atoms with E-state index in [2.05, 4.69) is 440 Å². The number of aromatic nitrogens is 1. The quantitative estimate of drug-likeness (QED) is 0.0750. The molecule has 0 bridgehead atoms. The standard InChI is InChI=1S/C21H17BN4.4C18H15P.Pd/c23-21-17(6-3-13-24-21)14-9-11-16(12-10-14)22-25-18-7-1-4-15-5-2-8-19(26-22)20(15)18;4*1-4-10-16(11-5-1)19(17-12-6-2-7-13-17)18-14-8-3-9-15-18;/h1-13,25-26H,(H2,23,24);4*1-15H;. The molecule has 1 aliphatic heterocycles. The van der Waals surface area contributed by atoms with E-state index in [4.69, 9.17) is 5.73 Å². The summed E-state index contributed by atoms with van der Waals surface area (Å²) >= 11 is 0. The minimum absolute atomic E-state index is 0. The Labute approximate surface area is 626 Å². The molecule has 2 heterocycles. The van der Waals surface area contributed by atoms with Crippen LogP contribution in [0.5, 0.6) is 0 Å². The Balaban J connectivity index is 0.000000122. The summed E-state index contributed by atoms with van der Waals surface area (Å²) in [5.74, 6) is 0.551. The number of pyridine rings is 1. The number of rotatable bonds is 14. The topological polar surface area (TPSA) is 63.0 Å². The van der Waals surface area contributed by atoms with Gasteiger partial charge in [0.1, 0.15) is 5.82 Å². The zero-order chi connectivity index (χ0) is 69.2. The van der Waals surface area contributed by atoms with Crippen LogP contribution in [-0.4, -0.2) is 12.0 Å². The van der Waals surface area contributed by atoms with Gasteiger partial charge >= 0.3 is 6.98 Å². The van der Waals surface area contributed by atoms with Gasteiger partial charge in [0.05, 0.1) is 0 Å². The number of anilines is 3. The third-order valence-electron chi connectivity index (χ3n) is 17.1. The molecule has 0 amide bonds. The summed E-state index contributed by atoms with van der Waals surface area (Å²) < 4.78 is 0. The zero-order valence-electron chi connectivity index (χ0n) is 56.9. The number of hydrogen-bond donors (Lipinski definition) is 3. The van der Waals surface area contributed by atoms with E-state index < -0.39 is 31.7 Å². The molecule has 0 atom stereocenters. The Morgan fingerprint density at radius 2 is 0.456 bits per heavy atom. The van der Waals surface area contributed by atoms with Crippen molar-refractivity contribution in [3.63, 3.8) is 0 Å². The van der Waals surface area contributed by atoms with Crippen LogP contribution in [0.2, 0.25) is 0 Å². The molecule has 16 aromatic rings. The van der Waals surface area contributed by atoms with Gasteiger partial charge in [0.2, 0.25) is 0 Å². The second kappa shape index (κ2) is 38.0. The first kappa shape index (κ1) is 72.3. The van der Waals surface area contributed by atoms with Gasteiger partial charge in [-0.3, -0.25) is 0 Å². The fourth-order valence-corrected chi connectivity index (χ4v) is 21.5. The number of nitrogens with one attached hydrogen (secondary N) is 2. The minimum Gasteiger partial charge on any atom is -0.405 e. The van der Waals surface area contributed by atoms with E-state index in [1.54, 1.807) is 6.20 Å². The predicted molar refractivity (Wildman–Crippen MR) is 451 cm³/mol. The molecule has 17 rings (SSSR count). The van der Waals surface area contributed by atoms with Crippen molar-refractivity contribution in [2.24, 2.45) is 0 Å². The second-order valence-corrected chi connectivity index (χ2v) is 32.7. The van der Waals surface area contributed by atoms with E-state index in [1.165, 1.54) is 79.9 Å². The van der Waals surface area contributed by atoms with E-state index >= 15 is 0 Å². The minimum atomic E-state index is -0.446. The van der Waals surface area contributed by atoms with Gasteiger partial charge in [-0.2, -0.15) is 0 Å². The van der Waals surface area contributed by atoms with E-state index in [0.717, 1.165) is 22.5 Å². The van der Waals surface area contributed by atoms with E-state index in [1.807, 2.05) is 12.1 Å². The smallest absolute Gasteiger partial charge is 0.405 e. The number of nitrogen functional groups attached to an aromatic ring is 1. The maximum absolute atomic E-state index is 5.99. The summed E-state index contributed by atoms with van der Waals surface area (Å²) in [5, 5.41) is 26.5. The van der Waals surface area contributed by atoms with Crippen LogP contribution in [-0.2, 0) is 20.4 Å². The first-order valence-corrected chi connectivity index (χ1v) is 39.6. The third kappa shape index (κ3) is 19.4. The summed E-state index contributed by atoms with van der Waals surface area (Å²) in [5.41, 5.74) is 11.5. The SMILES string of the molecule is Nc1ncccc1-c1ccc(B2Nc3cccc4cccc(c34)N2)cc1.[Pd].c1ccc(P(c2ccccc2)c2ccccc2)cc1.c1ccc(P(c2ccccc2)c2ccccc2)cc1.c1ccc(P(c2ccccc2)c2ccccc2)cc1.c1ccc(P(c2ccccc2)c2ccccc2)cc1. The van der Waals surface area contributed by atoms with Crippen LogP contribution < -0.4 is 85.3 Å². The molecule has 1 aromatic heterocycles. The van der Waals surface area contributed by atoms with E-state index in [9.17, 15) is 0 Å². The average Bonchev–Trinajstić information content (AvgIpc) is 0.769.